The Kier molecular flexibility index (Phi) is 12.4. The van der Waals surface area contributed by atoms with Gasteiger partial charge < -0.3 is 20.3 Å². The third kappa shape index (κ3) is 8.92. The van der Waals surface area contributed by atoms with E-state index >= 15 is 0 Å². The van der Waals surface area contributed by atoms with E-state index in [9.17, 15) is 37.6 Å². The van der Waals surface area contributed by atoms with Crippen molar-refractivity contribution in [2.45, 2.75) is 90.0 Å². The standard InChI is InChI=1S/C41H45F3N8O5S/c1-5-26-19-29(52-39(58)51(38(56)40(52,3)4)30-21-31(41(42,43)44)33(22-45)46-23-30)9-11-34(26)57-18-15-25-13-16-50(17-14-25)24(2)36(54)48-28-8-6-7-27(20-28)47-32-10-12-35(53)49-37(32)55/h6-9,11,19-21,23-25,32,47H,5,10,12-18H2,1-4H3,(H,48,54)(H,49,53,55)/t24-,32+/m0/s1. The molecule has 0 radical (unpaired) electrons. The number of hydrogen-bond acceptors (Lipinski definition) is 10. The number of nitrogens with one attached hydrogen (secondary N) is 3. The maximum absolute atomic E-state index is 13.7. The number of anilines is 4. The molecule has 3 fully saturated rings. The summed E-state index contributed by atoms with van der Waals surface area (Å²) in [5.41, 5.74) is -0.752. The fourth-order valence-electron chi connectivity index (χ4n) is 7.56. The minimum atomic E-state index is -4.86. The van der Waals surface area contributed by atoms with Crippen molar-refractivity contribution in [2.24, 2.45) is 5.92 Å². The molecule has 3 aliphatic heterocycles. The summed E-state index contributed by atoms with van der Waals surface area (Å²) in [7, 11) is 0. The van der Waals surface area contributed by atoms with Gasteiger partial charge in [-0.3, -0.25) is 34.3 Å². The highest BCUT2D eigenvalue weighted by atomic mass is 32.1. The molecule has 58 heavy (non-hydrogen) atoms. The Morgan fingerprint density at radius 2 is 1.81 bits per heavy atom. The number of alkyl halides is 3. The van der Waals surface area contributed by atoms with Crippen LogP contribution in [0, 0.1) is 17.2 Å². The number of hydrogen-bond donors (Lipinski definition) is 3. The van der Waals surface area contributed by atoms with Crippen molar-refractivity contribution in [1.29, 1.82) is 5.26 Å². The zero-order chi connectivity index (χ0) is 41.9. The van der Waals surface area contributed by atoms with Gasteiger partial charge in [-0.05, 0) is 132 Å². The molecule has 3 saturated heterocycles. The molecule has 0 unspecified atom stereocenters. The number of thiocarbonyl (C=S) groups is 1. The van der Waals surface area contributed by atoms with E-state index < -0.39 is 34.9 Å². The first-order chi connectivity index (χ1) is 27.5. The lowest BCUT2D eigenvalue weighted by molar-refractivity contribution is -0.138. The van der Waals surface area contributed by atoms with Crippen molar-refractivity contribution in [3.63, 3.8) is 0 Å². The van der Waals surface area contributed by atoms with Crippen molar-refractivity contribution in [3.05, 3.63) is 71.5 Å². The highest BCUT2D eigenvalue weighted by Gasteiger charge is 2.51. The Balaban J connectivity index is 1.01. The molecule has 0 bridgehead atoms. The first-order valence-corrected chi connectivity index (χ1v) is 19.6. The van der Waals surface area contributed by atoms with Crippen molar-refractivity contribution in [2.75, 3.05) is 40.1 Å². The van der Waals surface area contributed by atoms with Crippen molar-refractivity contribution in [3.8, 4) is 11.8 Å². The number of nitrogens with zero attached hydrogens (tertiary/aromatic N) is 5. The minimum Gasteiger partial charge on any atom is -0.493 e. The summed E-state index contributed by atoms with van der Waals surface area (Å²) in [6.07, 6.45) is 0.0740. The Labute approximate surface area is 339 Å². The van der Waals surface area contributed by atoms with E-state index in [-0.39, 0.29) is 41.0 Å². The van der Waals surface area contributed by atoms with E-state index in [1.807, 2.05) is 26.0 Å². The summed E-state index contributed by atoms with van der Waals surface area (Å²) in [5.74, 6) is -0.234. The fourth-order valence-corrected chi connectivity index (χ4v) is 8.08. The van der Waals surface area contributed by atoms with Crippen LogP contribution in [0.25, 0.3) is 0 Å². The number of rotatable bonds is 12. The molecule has 1 aromatic heterocycles. The number of piperidine rings is 2. The van der Waals surface area contributed by atoms with Gasteiger partial charge in [-0.2, -0.15) is 18.4 Å². The molecule has 0 spiro atoms. The number of carbonyl (C=O) groups excluding carboxylic acids is 4. The zero-order valence-electron chi connectivity index (χ0n) is 32.6. The van der Waals surface area contributed by atoms with Crippen LogP contribution >= 0.6 is 12.2 Å². The van der Waals surface area contributed by atoms with Crippen molar-refractivity contribution < 1.29 is 37.1 Å². The second kappa shape index (κ2) is 17.1. The fraction of sp³-hybridized carbons (Fsp3) is 0.439. The van der Waals surface area contributed by atoms with Crippen molar-refractivity contribution >= 4 is 63.7 Å². The van der Waals surface area contributed by atoms with Gasteiger partial charge in [-0.15, -0.1) is 0 Å². The maximum Gasteiger partial charge on any atom is 0.419 e. The molecular weight excluding hydrogens is 774 g/mol. The number of benzene rings is 2. The Hall–Kier alpha value is -5.60. The monoisotopic (exact) mass is 818 g/mol. The number of likely N-dealkylation sites (tertiary alicyclic amines) is 1. The smallest absolute Gasteiger partial charge is 0.419 e. The van der Waals surface area contributed by atoms with Crippen LogP contribution in [0.1, 0.15) is 76.6 Å². The third-order valence-corrected chi connectivity index (χ3v) is 11.3. The normalized spacial score (nSPS) is 19.4. The largest absolute Gasteiger partial charge is 0.493 e. The number of nitriles is 1. The average Bonchev–Trinajstić information content (AvgIpc) is 3.37. The van der Waals surface area contributed by atoms with Gasteiger partial charge >= 0.3 is 6.18 Å². The van der Waals surface area contributed by atoms with Gasteiger partial charge in [0.25, 0.3) is 5.91 Å². The molecule has 4 heterocycles. The molecule has 3 aromatic rings. The van der Waals surface area contributed by atoms with Crippen LogP contribution in [0.15, 0.2) is 54.7 Å². The van der Waals surface area contributed by atoms with Crippen LogP contribution in [0.4, 0.5) is 35.9 Å². The molecule has 3 N–H and O–H groups in total. The van der Waals surface area contributed by atoms with E-state index in [4.69, 9.17) is 17.0 Å². The number of pyridine rings is 1. The zero-order valence-corrected chi connectivity index (χ0v) is 33.4. The van der Waals surface area contributed by atoms with E-state index in [2.05, 4.69) is 25.8 Å². The summed E-state index contributed by atoms with van der Waals surface area (Å²) in [6.45, 7) is 9.12. The second-order valence-corrected chi connectivity index (χ2v) is 15.5. The van der Waals surface area contributed by atoms with Gasteiger partial charge in [0.2, 0.25) is 17.7 Å². The summed E-state index contributed by atoms with van der Waals surface area (Å²) in [4.78, 5) is 59.0. The first-order valence-electron chi connectivity index (χ1n) is 19.2. The summed E-state index contributed by atoms with van der Waals surface area (Å²) < 4.78 is 47.5. The van der Waals surface area contributed by atoms with E-state index in [0.29, 0.717) is 48.2 Å². The molecular formula is C41H45F3N8O5S. The lowest BCUT2D eigenvalue weighted by Gasteiger charge is -2.35. The molecule has 4 amide bonds. The lowest BCUT2D eigenvalue weighted by Crippen LogP contribution is -2.47. The summed E-state index contributed by atoms with van der Waals surface area (Å²) >= 11 is 5.69. The number of imide groups is 1. The quantitative estimate of drug-likeness (QED) is 0.142. The Morgan fingerprint density at radius 3 is 2.48 bits per heavy atom. The van der Waals surface area contributed by atoms with Crippen LogP contribution in [0.5, 0.6) is 5.75 Å². The Morgan fingerprint density at radius 1 is 1.09 bits per heavy atom. The molecule has 2 atom stereocenters. The van der Waals surface area contributed by atoms with Crippen molar-refractivity contribution in [1.82, 2.24) is 15.2 Å². The van der Waals surface area contributed by atoms with Gasteiger partial charge in [-0.1, -0.05) is 13.0 Å². The van der Waals surface area contributed by atoms with E-state index in [1.165, 1.54) is 6.07 Å². The number of carbonyl (C=O) groups is 4. The predicted molar refractivity (Wildman–Crippen MR) is 215 cm³/mol. The summed E-state index contributed by atoms with van der Waals surface area (Å²) in [6, 6.07) is 13.9. The molecule has 2 aromatic carbocycles. The lowest BCUT2D eigenvalue weighted by atomic mass is 9.93. The number of halogens is 3. The number of ether oxygens (including phenoxy) is 1. The highest BCUT2D eigenvalue weighted by Crippen LogP contribution is 2.40. The molecule has 6 rings (SSSR count). The third-order valence-electron chi connectivity index (χ3n) is 11.0. The molecule has 306 valence electrons. The van der Waals surface area contributed by atoms with Crippen LogP contribution in [-0.2, 0) is 31.8 Å². The van der Waals surface area contributed by atoms with E-state index in [1.54, 1.807) is 49.1 Å². The van der Waals surface area contributed by atoms with Gasteiger partial charge in [0, 0.05) is 23.5 Å². The molecule has 0 aliphatic carbocycles. The van der Waals surface area contributed by atoms with Crippen LogP contribution in [-0.4, -0.2) is 75.9 Å². The maximum atomic E-state index is 13.7. The topological polar surface area (TPSA) is 160 Å². The van der Waals surface area contributed by atoms with Gasteiger partial charge in [0.1, 0.15) is 23.4 Å². The van der Waals surface area contributed by atoms with E-state index in [0.717, 1.165) is 55.1 Å². The minimum absolute atomic E-state index is 0.0166. The molecule has 17 heteroatoms. The highest BCUT2D eigenvalue weighted by molar-refractivity contribution is 7.81. The van der Waals surface area contributed by atoms with Crippen LogP contribution in [0.3, 0.4) is 0 Å². The molecule has 3 aliphatic rings. The van der Waals surface area contributed by atoms with Gasteiger partial charge in [-0.25, -0.2) is 4.98 Å². The average molecular weight is 819 g/mol. The van der Waals surface area contributed by atoms with Crippen LogP contribution in [0.2, 0.25) is 0 Å². The van der Waals surface area contributed by atoms with Gasteiger partial charge in [0.15, 0.2) is 10.8 Å². The Bertz CT molecular complexity index is 2150. The second-order valence-electron chi connectivity index (χ2n) is 15.2. The number of amides is 4. The number of aryl methyl sites for hydroxylation is 1. The first kappa shape index (κ1) is 42.0. The van der Waals surface area contributed by atoms with Gasteiger partial charge in [0.05, 0.1) is 30.1 Å². The summed E-state index contributed by atoms with van der Waals surface area (Å²) in [5, 5.41) is 17.6. The molecule has 13 nitrogen and oxygen atoms in total. The molecule has 0 saturated carbocycles. The number of aromatic nitrogens is 1. The SMILES string of the molecule is CCc1cc(N2C(=S)N(c3cnc(C#N)c(C(F)(F)F)c3)C(=O)C2(C)C)ccc1OCCC1CCN([C@@H](C)C(=O)Nc2cccc(N[C@@H]3CCC(=O)NC3=O)c2)CC1. The van der Waals surface area contributed by atoms with Crippen LogP contribution < -0.4 is 30.5 Å². The predicted octanol–water partition coefficient (Wildman–Crippen LogP) is 6.18.